The van der Waals surface area contributed by atoms with Crippen LogP contribution in [0.1, 0.15) is 53.4 Å². The summed E-state index contributed by atoms with van der Waals surface area (Å²) in [6.07, 6.45) is 5.46. The Labute approximate surface area is 132 Å². The Balaban J connectivity index is 2.03. The summed E-state index contributed by atoms with van der Waals surface area (Å²) in [5.41, 5.74) is 6.65. The van der Waals surface area contributed by atoms with Crippen LogP contribution in [0.15, 0.2) is 0 Å². The Morgan fingerprint density at radius 3 is 2.24 bits per heavy atom. The lowest BCUT2D eigenvalue weighted by Crippen LogP contribution is -2.65. The minimum absolute atomic E-state index is 0.288. The molecule has 0 aromatic rings. The van der Waals surface area contributed by atoms with Gasteiger partial charge in [-0.2, -0.15) is 0 Å². The van der Waals surface area contributed by atoms with Gasteiger partial charge >= 0.3 is 0 Å². The first-order valence-corrected chi connectivity index (χ1v) is 9.17. The van der Waals surface area contributed by atoms with E-state index in [0.717, 1.165) is 24.3 Å². The quantitative estimate of drug-likeness (QED) is 0.846. The van der Waals surface area contributed by atoms with Gasteiger partial charge in [0.15, 0.2) is 0 Å². The fourth-order valence-corrected chi connectivity index (χ4v) is 4.87. The number of rotatable bonds is 5. The van der Waals surface area contributed by atoms with E-state index in [1.54, 1.807) is 0 Å². The van der Waals surface area contributed by atoms with Crippen LogP contribution in [0.25, 0.3) is 0 Å². The van der Waals surface area contributed by atoms with Crippen LogP contribution >= 0.6 is 0 Å². The van der Waals surface area contributed by atoms with Crippen LogP contribution < -0.4 is 5.73 Å². The molecule has 1 aliphatic carbocycles. The van der Waals surface area contributed by atoms with E-state index in [1.165, 1.54) is 58.4 Å². The van der Waals surface area contributed by atoms with E-state index in [0.29, 0.717) is 0 Å². The summed E-state index contributed by atoms with van der Waals surface area (Å²) in [4.78, 5) is 5.41. The van der Waals surface area contributed by atoms with Gasteiger partial charge < -0.3 is 10.6 Å². The zero-order valence-corrected chi connectivity index (χ0v) is 14.8. The molecule has 21 heavy (non-hydrogen) atoms. The van der Waals surface area contributed by atoms with Gasteiger partial charge in [-0.25, -0.2) is 0 Å². The van der Waals surface area contributed by atoms with E-state index in [1.807, 2.05) is 0 Å². The molecule has 0 amide bonds. The smallest absolute Gasteiger partial charge is 0.0363 e. The zero-order valence-electron chi connectivity index (χ0n) is 14.8. The highest BCUT2D eigenvalue weighted by molar-refractivity contribution is 5.02. The second kappa shape index (κ2) is 7.43. The molecule has 2 rings (SSSR count). The first kappa shape index (κ1) is 17.2. The van der Waals surface area contributed by atoms with Crippen molar-refractivity contribution in [2.75, 3.05) is 39.3 Å². The molecule has 1 saturated heterocycles. The molecule has 124 valence electrons. The fraction of sp³-hybridized carbons (Fsp3) is 1.00. The van der Waals surface area contributed by atoms with Gasteiger partial charge in [0.2, 0.25) is 0 Å². The molecule has 0 aromatic carbocycles. The third kappa shape index (κ3) is 3.80. The van der Waals surface area contributed by atoms with E-state index in [4.69, 9.17) is 5.73 Å². The number of piperazine rings is 1. The van der Waals surface area contributed by atoms with Crippen LogP contribution in [0.3, 0.4) is 0 Å². The largest absolute Gasteiger partial charge is 0.329 e. The minimum atomic E-state index is 0.288. The molecule has 0 aromatic heterocycles. The molecule has 2 fully saturated rings. The van der Waals surface area contributed by atoms with E-state index in [-0.39, 0.29) is 5.54 Å². The summed E-state index contributed by atoms with van der Waals surface area (Å²) < 4.78 is 0. The Bertz CT molecular complexity index is 308. The summed E-state index contributed by atoms with van der Waals surface area (Å²) >= 11 is 0. The summed E-state index contributed by atoms with van der Waals surface area (Å²) in [5.74, 6) is 2.31. The van der Waals surface area contributed by atoms with E-state index < -0.39 is 0 Å². The van der Waals surface area contributed by atoms with Gasteiger partial charge in [0.25, 0.3) is 0 Å². The van der Waals surface area contributed by atoms with E-state index >= 15 is 0 Å². The molecule has 2 unspecified atom stereocenters. The van der Waals surface area contributed by atoms with Crippen molar-refractivity contribution in [2.24, 2.45) is 23.5 Å². The molecule has 3 heteroatoms. The maximum atomic E-state index is 6.36. The summed E-state index contributed by atoms with van der Waals surface area (Å²) in [5, 5.41) is 0. The highest BCUT2D eigenvalue weighted by atomic mass is 15.3. The van der Waals surface area contributed by atoms with Crippen molar-refractivity contribution in [3.63, 3.8) is 0 Å². The van der Waals surface area contributed by atoms with Crippen LogP contribution in [0.5, 0.6) is 0 Å². The van der Waals surface area contributed by atoms with Crippen molar-refractivity contribution in [2.45, 2.75) is 58.9 Å². The first-order chi connectivity index (χ1) is 9.99. The lowest BCUT2D eigenvalue weighted by atomic mass is 9.66. The minimum Gasteiger partial charge on any atom is -0.329 e. The zero-order chi connectivity index (χ0) is 15.5. The van der Waals surface area contributed by atoms with Crippen molar-refractivity contribution in [3.05, 3.63) is 0 Å². The van der Waals surface area contributed by atoms with Gasteiger partial charge in [-0.05, 0) is 30.6 Å². The molecule has 2 N–H and O–H groups in total. The lowest BCUT2D eigenvalue weighted by molar-refractivity contribution is -0.0407. The fourth-order valence-electron chi connectivity index (χ4n) is 4.87. The summed E-state index contributed by atoms with van der Waals surface area (Å²) in [6.45, 7) is 16.4. The summed E-state index contributed by atoms with van der Waals surface area (Å²) in [7, 11) is 0. The Morgan fingerprint density at radius 2 is 1.71 bits per heavy atom. The molecule has 2 atom stereocenters. The van der Waals surface area contributed by atoms with Crippen molar-refractivity contribution in [1.82, 2.24) is 9.80 Å². The number of hydrogen-bond acceptors (Lipinski definition) is 3. The maximum absolute atomic E-state index is 6.36. The van der Waals surface area contributed by atoms with Crippen LogP contribution in [0.4, 0.5) is 0 Å². The molecule has 1 saturated carbocycles. The Hall–Kier alpha value is -0.120. The number of nitrogens with zero attached hydrogens (tertiary/aromatic N) is 2. The van der Waals surface area contributed by atoms with Gasteiger partial charge in [0.05, 0.1) is 0 Å². The average molecular weight is 296 g/mol. The third-order valence-corrected chi connectivity index (χ3v) is 5.85. The third-order valence-electron chi connectivity index (χ3n) is 5.85. The SMILES string of the molecule is CC(C)CN1CCN(C2(CN)CCCCC2C(C)C)CC1. The highest BCUT2D eigenvalue weighted by Crippen LogP contribution is 2.42. The molecule has 0 radical (unpaired) electrons. The van der Waals surface area contributed by atoms with Crippen molar-refractivity contribution in [1.29, 1.82) is 0 Å². The van der Waals surface area contributed by atoms with Crippen molar-refractivity contribution in [3.8, 4) is 0 Å². The average Bonchev–Trinajstić information content (AvgIpc) is 2.47. The number of hydrogen-bond donors (Lipinski definition) is 1. The van der Waals surface area contributed by atoms with Crippen LogP contribution in [0.2, 0.25) is 0 Å². The molecule has 1 heterocycles. The lowest BCUT2D eigenvalue weighted by Gasteiger charge is -2.55. The normalized spacial score (nSPS) is 33.0. The standard InChI is InChI=1S/C18H37N3/c1-15(2)13-20-9-11-21(12-10-20)18(14-19)8-6-5-7-17(18)16(3)4/h15-17H,5-14,19H2,1-4H3. The molecule has 2 aliphatic rings. The first-order valence-electron chi connectivity index (χ1n) is 9.17. The second-order valence-electron chi connectivity index (χ2n) is 8.09. The molecular weight excluding hydrogens is 258 g/mol. The van der Waals surface area contributed by atoms with Gasteiger partial charge in [0, 0.05) is 44.8 Å². The molecule has 1 aliphatic heterocycles. The van der Waals surface area contributed by atoms with Gasteiger partial charge in [-0.3, -0.25) is 4.90 Å². The second-order valence-corrected chi connectivity index (χ2v) is 8.09. The highest BCUT2D eigenvalue weighted by Gasteiger charge is 2.45. The predicted octanol–water partition coefficient (Wildman–Crippen LogP) is 2.80. The molecule has 3 nitrogen and oxygen atoms in total. The monoisotopic (exact) mass is 295 g/mol. The predicted molar refractivity (Wildman–Crippen MR) is 91.4 cm³/mol. The van der Waals surface area contributed by atoms with Crippen LogP contribution in [-0.4, -0.2) is 54.6 Å². The van der Waals surface area contributed by atoms with Crippen LogP contribution in [0, 0.1) is 17.8 Å². The number of nitrogens with two attached hydrogens (primary N) is 1. The van der Waals surface area contributed by atoms with Crippen LogP contribution in [-0.2, 0) is 0 Å². The van der Waals surface area contributed by atoms with Crippen molar-refractivity contribution >= 4 is 0 Å². The molecule has 0 bridgehead atoms. The topological polar surface area (TPSA) is 32.5 Å². The van der Waals surface area contributed by atoms with Gasteiger partial charge in [0.1, 0.15) is 0 Å². The van der Waals surface area contributed by atoms with E-state index in [2.05, 4.69) is 37.5 Å². The summed E-state index contributed by atoms with van der Waals surface area (Å²) in [6, 6.07) is 0. The molecule has 0 spiro atoms. The Morgan fingerprint density at radius 1 is 1.05 bits per heavy atom. The Kier molecular flexibility index (Phi) is 6.10. The van der Waals surface area contributed by atoms with E-state index in [9.17, 15) is 0 Å². The van der Waals surface area contributed by atoms with Crippen molar-refractivity contribution < 1.29 is 0 Å². The maximum Gasteiger partial charge on any atom is 0.0363 e. The van der Waals surface area contributed by atoms with Gasteiger partial charge in [-0.1, -0.05) is 40.5 Å². The van der Waals surface area contributed by atoms with Gasteiger partial charge in [-0.15, -0.1) is 0 Å². The molecular formula is C18H37N3.